The Labute approximate surface area is 136 Å². The van der Waals surface area contributed by atoms with Gasteiger partial charge in [-0.05, 0) is 46.6 Å². The standard InChI is InChI=1S/C14H13BrCl2N2O/c1-8(18)14(9-2-4-19-5-3-9)20-13-7-11(16)10(15)6-12(13)17/h2-8,14H,18H2,1H3. The Morgan fingerprint density at radius 1 is 1.20 bits per heavy atom. The zero-order valence-electron chi connectivity index (χ0n) is 10.7. The van der Waals surface area contributed by atoms with E-state index in [0.29, 0.717) is 15.8 Å². The van der Waals surface area contributed by atoms with E-state index in [0.717, 1.165) is 10.0 Å². The number of nitrogens with two attached hydrogens (primary N) is 1. The van der Waals surface area contributed by atoms with E-state index in [1.807, 2.05) is 19.1 Å². The third-order valence-corrected chi connectivity index (χ3v) is 4.23. The highest BCUT2D eigenvalue weighted by Crippen LogP contribution is 2.36. The van der Waals surface area contributed by atoms with Crippen LogP contribution in [0, 0.1) is 0 Å². The summed E-state index contributed by atoms with van der Waals surface area (Å²) >= 11 is 15.6. The average molecular weight is 376 g/mol. The normalized spacial score (nSPS) is 13.8. The lowest BCUT2D eigenvalue weighted by Gasteiger charge is -2.23. The van der Waals surface area contributed by atoms with Gasteiger partial charge < -0.3 is 10.5 Å². The predicted molar refractivity (Wildman–Crippen MR) is 85.4 cm³/mol. The summed E-state index contributed by atoms with van der Waals surface area (Å²) in [5, 5.41) is 1.00. The summed E-state index contributed by atoms with van der Waals surface area (Å²) in [4.78, 5) is 3.99. The van der Waals surface area contributed by atoms with Gasteiger partial charge in [0, 0.05) is 29.0 Å². The van der Waals surface area contributed by atoms with Gasteiger partial charge in [-0.25, -0.2) is 0 Å². The van der Waals surface area contributed by atoms with Crippen molar-refractivity contribution in [3.63, 3.8) is 0 Å². The van der Waals surface area contributed by atoms with Gasteiger partial charge in [0.15, 0.2) is 0 Å². The van der Waals surface area contributed by atoms with E-state index in [1.165, 1.54) is 0 Å². The van der Waals surface area contributed by atoms with Crippen molar-refractivity contribution in [2.75, 3.05) is 0 Å². The Balaban J connectivity index is 2.32. The van der Waals surface area contributed by atoms with Crippen LogP contribution in [-0.4, -0.2) is 11.0 Å². The number of benzene rings is 1. The first kappa shape index (κ1) is 15.6. The van der Waals surface area contributed by atoms with Crippen LogP contribution in [0.2, 0.25) is 10.0 Å². The molecule has 1 heterocycles. The summed E-state index contributed by atoms with van der Waals surface area (Å²) in [5.74, 6) is 0.499. The highest BCUT2D eigenvalue weighted by atomic mass is 79.9. The molecule has 0 saturated heterocycles. The Morgan fingerprint density at radius 2 is 1.85 bits per heavy atom. The fourth-order valence-corrected chi connectivity index (χ4v) is 2.60. The van der Waals surface area contributed by atoms with Crippen LogP contribution >= 0.6 is 39.1 Å². The fourth-order valence-electron chi connectivity index (χ4n) is 1.76. The van der Waals surface area contributed by atoms with Crippen molar-refractivity contribution in [1.82, 2.24) is 4.98 Å². The molecule has 0 aliphatic heterocycles. The van der Waals surface area contributed by atoms with Crippen molar-refractivity contribution >= 4 is 39.1 Å². The largest absolute Gasteiger partial charge is 0.482 e. The van der Waals surface area contributed by atoms with Crippen molar-refractivity contribution in [3.8, 4) is 5.75 Å². The molecule has 2 atom stereocenters. The number of ether oxygens (including phenoxy) is 1. The Bertz CT molecular complexity index is 593. The summed E-state index contributed by atoms with van der Waals surface area (Å²) < 4.78 is 6.66. The van der Waals surface area contributed by atoms with E-state index in [4.69, 9.17) is 33.7 Å². The summed E-state index contributed by atoms with van der Waals surface area (Å²) in [6.07, 6.45) is 3.07. The maximum absolute atomic E-state index is 6.17. The maximum Gasteiger partial charge on any atom is 0.140 e. The first-order chi connectivity index (χ1) is 9.49. The van der Waals surface area contributed by atoms with Gasteiger partial charge in [-0.15, -0.1) is 0 Å². The monoisotopic (exact) mass is 374 g/mol. The van der Waals surface area contributed by atoms with Gasteiger partial charge in [0.2, 0.25) is 0 Å². The molecule has 0 amide bonds. The molecule has 0 saturated carbocycles. The highest BCUT2D eigenvalue weighted by Gasteiger charge is 2.20. The number of aromatic nitrogens is 1. The van der Waals surface area contributed by atoms with Gasteiger partial charge >= 0.3 is 0 Å². The zero-order chi connectivity index (χ0) is 14.7. The second-order valence-corrected chi connectivity index (χ2v) is 6.04. The summed E-state index contributed by atoms with van der Waals surface area (Å²) in [6.45, 7) is 1.87. The van der Waals surface area contributed by atoms with Crippen LogP contribution in [0.4, 0.5) is 0 Å². The van der Waals surface area contributed by atoms with Gasteiger partial charge in [0.25, 0.3) is 0 Å². The molecule has 0 radical (unpaired) electrons. The predicted octanol–water partition coefficient (Wildman–Crippen LogP) is 4.62. The van der Waals surface area contributed by atoms with E-state index in [9.17, 15) is 0 Å². The molecule has 1 aromatic heterocycles. The van der Waals surface area contributed by atoms with Gasteiger partial charge in [0.05, 0.1) is 10.0 Å². The number of hydrogen-bond acceptors (Lipinski definition) is 3. The minimum absolute atomic E-state index is 0.212. The smallest absolute Gasteiger partial charge is 0.140 e. The Hall–Kier alpha value is -0.810. The molecular formula is C14H13BrCl2N2O. The highest BCUT2D eigenvalue weighted by molar-refractivity contribution is 9.10. The van der Waals surface area contributed by atoms with Gasteiger partial charge in [-0.2, -0.15) is 0 Å². The molecule has 0 aliphatic rings. The molecular weight excluding hydrogens is 363 g/mol. The quantitative estimate of drug-likeness (QED) is 0.793. The van der Waals surface area contributed by atoms with E-state index in [1.54, 1.807) is 24.5 Å². The molecule has 2 aromatic rings. The molecule has 2 rings (SSSR count). The van der Waals surface area contributed by atoms with E-state index >= 15 is 0 Å². The lowest BCUT2D eigenvalue weighted by Crippen LogP contribution is -2.29. The molecule has 2 N–H and O–H groups in total. The fraction of sp³-hybridized carbons (Fsp3) is 0.214. The van der Waals surface area contributed by atoms with Crippen molar-refractivity contribution in [3.05, 3.63) is 56.7 Å². The van der Waals surface area contributed by atoms with Crippen LogP contribution in [-0.2, 0) is 0 Å². The third-order valence-electron chi connectivity index (χ3n) is 2.74. The van der Waals surface area contributed by atoms with Crippen LogP contribution < -0.4 is 10.5 Å². The molecule has 6 heteroatoms. The first-order valence-electron chi connectivity index (χ1n) is 5.95. The second kappa shape index (κ2) is 6.76. The van der Waals surface area contributed by atoms with Crippen LogP contribution in [0.15, 0.2) is 41.1 Å². The lowest BCUT2D eigenvalue weighted by atomic mass is 10.1. The summed E-state index contributed by atoms with van der Waals surface area (Å²) in [6, 6.07) is 6.88. The average Bonchev–Trinajstić information content (AvgIpc) is 2.42. The van der Waals surface area contributed by atoms with E-state index in [-0.39, 0.29) is 12.1 Å². The van der Waals surface area contributed by atoms with Crippen molar-refractivity contribution in [2.45, 2.75) is 19.1 Å². The molecule has 0 fully saturated rings. The molecule has 1 aromatic carbocycles. The summed E-state index contributed by atoms with van der Waals surface area (Å²) in [7, 11) is 0. The lowest BCUT2D eigenvalue weighted by molar-refractivity contribution is 0.180. The molecule has 0 bridgehead atoms. The molecule has 2 unspecified atom stereocenters. The topological polar surface area (TPSA) is 48.1 Å². The number of nitrogens with zero attached hydrogens (tertiary/aromatic N) is 1. The van der Waals surface area contributed by atoms with Crippen molar-refractivity contribution < 1.29 is 4.74 Å². The first-order valence-corrected chi connectivity index (χ1v) is 7.50. The van der Waals surface area contributed by atoms with E-state index < -0.39 is 0 Å². The van der Waals surface area contributed by atoms with Crippen LogP contribution in [0.1, 0.15) is 18.6 Å². The third kappa shape index (κ3) is 3.64. The number of hydrogen-bond donors (Lipinski definition) is 1. The molecule has 0 spiro atoms. The Kier molecular flexibility index (Phi) is 5.27. The van der Waals surface area contributed by atoms with Crippen LogP contribution in [0.5, 0.6) is 5.75 Å². The van der Waals surface area contributed by atoms with Crippen molar-refractivity contribution in [2.24, 2.45) is 5.73 Å². The van der Waals surface area contributed by atoms with E-state index in [2.05, 4.69) is 20.9 Å². The SMILES string of the molecule is CC(N)C(Oc1cc(Cl)c(Br)cc1Cl)c1ccncc1. The minimum atomic E-state index is -0.326. The van der Waals surface area contributed by atoms with Crippen molar-refractivity contribution in [1.29, 1.82) is 0 Å². The van der Waals surface area contributed by atoms with Gasteiger partial charge in [-0.3, -0.25) is 4.98 Å². The van der Waals surface area contributed by atoms with Gasteiger partial charge in [0.1, 0.15) is 11.9 Å². The van der Waals surface area contributed by atoms with Crippen LogP contribution in [0.3, 0.4) is 0 Å². The number of rotatable bonds is 4. The summed E-state index contributed by atoms with van der Waals surface area (Å²) in [5.41, 5.74) is 6.94. The minimum Gasteiger partial charge on any atom is -0.482 e. The molecule has 106 valence electrons. The zero-order valence-corrected chi connectivity index (χ0v) is 13.8. The Morgan fingerprint density at radius 3 is 2.45 bits per heavy atom. The number of pyridine rings is 1. The number of halogens is 3. The van der Waals surface area contributed by atoms with Crippen LogP contribution in [0.25, 0.3) is 0 Å². The molecule has 0 aliphatic carbocycles. The van der Waals surface area contributed by atoms with Gasteiger partial charge in [-0.1, -0.05) is 23.2 Å². The maximum atomic E-state index is 6.17. The molecule has 3 nitrogen and oxygen atoms in total. The second-order valence-electron chi connectivity index (χ2n) is 4.37. The molecule has 20 heavy (non-hydrogen) atoms.